The molecule has 0 heterocycles. The molecule has 12 heavy (non-hydrogen) atoms. The van der Waals surface area contributed by atoms with E-state index in [1.165, 1.54) is 19.3 Å². The maximum Gasteiger partial charge on any atom is 0.322 e. The van der Waals surface area contributed by atoms with Crippen LogP contribution in [0.2, 0.25) is 0 Å². The highest BCUT2D eigenvalue weighted by molar-refractivity contribution is 5.74. The molecule has 1 saturated carbocycles. The second-order valence-corrected chi connectivity index (χ2v) is 3.54. The van der Waals surface area contributed by atoms with E-state index in [2.05, 4.69) is 0 Å². The van der Waals surface area contributed by atoms with Crippen molar-refractivity contribution in [2.45, 2.75) is 38.6 Å². The number of ether oxygens (including phenoxy) is 1. The fraction of sp³-hybridized carbons (Fsp3) is 0.889. The van der Waals surface area contributed by atoms with Crippen molar-refractivity contribution in [2.24, 2.45) is 11.7 Å². The van der Waals surface area contributed by atoms with Crippen molar-refractivity contribution in [1.82, 2.24) is 0 Å². The van der Waals surface area contributed by atoms with Crippen LogP contribution >= 0.6 is 0 Å². The smallest absolute Gasteiger partial charge is 0.322 e. The van der Waals surface area contributed by atoms with Crippen molar-refractivity contribution in [3.8, 4) is 0 Å². The monoisotopic (exact) mass is 171 g/mol. The van der Waals surface area contributed by atoms with E-state index in [0.717, 1.165) is 12.3 Å². The van der Waals surface area contributed by atoms with E-state index in [-0.39, 0.29) is 5.97 Å². The van der Waals surface area contributed by atoms with Gasteiger partial charge in [-0.2, -0.15) is 0 Å². The molecule has 0 aliphatic heterocycles. The van der Waals surface area contributed by atoms with Gasteiger partial charge in [0.2, 0.25) is 0 Å². The molecular weight excluding hydrogens is 154 g/mol. The Hall–Kier alpha value is -0.570. The largest absolute Gasteiger partial charge is 0.465 e. The lowest BCUT2D eigenvalue weighted by Gasteiger charge is -2.24. The number of carbonyl (C=O) groups excluding carboxylic acids is 1. The lowest BCUT2D eigenvalue weighted by atomic mass is 9.83. The number of nitrogens with two attached hydrogens (primary N) is 1. The average Bonchev–Trinajstić information content (AvgIpc) is 1.93. The van der Waals surface area contributed by atoms with Gasteiger partial charge in [-0.25, -0.2) is 0 Å². The normalized spacial score (nSPS) is 19.8. The molecule has 0 aromatic carbocycles. The second kappa shape index (κ2) is 4.45. The molecule has 0 aromatic heterocycles. The summed E-state index contributed by atoms with van der Waals surface area (Å²) in [4.78, 5) is 10.9. The van der Waals surface area contributed by atoms with E-state index in [9.17, 15) is 4.79 Å². The molecule has 1 aliphatic carbocycles. The van der Waals surface area contributed by atoms with Crippen molar-refractivity contribution in [3.05, 3.63) is 0 Å². The van der Waals surface area contributed by atoms with E-state index in [0.29, 0.717) is 6.61 Å². The number of hydrogen-bond donors (Lipinski definition) is 1. The highest BCUT2D eigenvalue weighted by atomic mass is 16.5. The second-order valence-electron chi connectivity index (χ2n) is 3.54. The molecule has 1 fully saturated rings. The first kappa shape index (κ1) is 9.52. The number of rotatable bonds is 4. The Morgan fingerprint density at radius 2 is 2.33 bits per heavy atom. The van der Waals surface area contributed by atoms with Gasteiger partial charge < -0.3 is 10.5 Å². The Kier molecular flexibility index (Phi) is 3.53. The van der Waals surface area contributed by atoms with Gasteiger partial charge in [0.1, 0.15) is 6.04 Å². The third-order valence-corrected chi connectivity index (χ3v) is 2.37. The van der Waals surface area contributed by atoms with E-state index < -0.39 is 6.04 Å². The summed E-state index contributed by atoms with van der Waals surface area (Å²) in [5.74, 6) is 0.514. The average molecular weight is 171 g/mol. The number of esters is 1. The van der Waals surface area contributed by atoms with Crippen LogP contribution in [0.1, 0.15) is 32.6 Å². The summed E-state index contributed by atoms with van der Waals surface area (Å²) in [6.07, 6.45) is 4.95. The molecule has 2 N–H and O–H groups in total. The maximum atomic E-state index is 10.9. The number of carbonyl (C=O) groups is 1. The molecule has 70 valence electrons. The van der Waals surface area contributed by atoms with E-state index in [1.807, 2.05) is 0 Å². The SMILES string of the molecule is CC(N)C(=O)OCCC1CCC1. The molecule has 1 atom stereocenters. The highest BCUT2D eigenvalue weighted by Crippen LogP contribution is 2.29. The summed E-state index contributed by atoms with van der Waals surface area (Å²) in [7, 11) is 0. The van der Waals surface area contributed by atoms with Crippen LogP contribution in [0, 0.1) is 5.92 Å². The number of hydrogen-bond acceptors (Lipinski definition) is 3. The van der Waals surface area contributed by atoms with Crippen LogP contribution in [-0.2, 0) is 9.53 Å². The minimum atomic E-state index is -0.480. The molecule has 0 saturated heterocycles. The van der Waals surface area contributed by atoms with E-state index in [4.69, 9.17) is 10.5 Å². The Balaban J connectivity index is 1.97. The van der Waals surface area contributed by atoms with Crippen molar-refractivity contribution in [1.29, 1.82) is 0 Å². The molecule has 3 heteroatoms. The van der Waals surface area contributed by atoms with Crippen molar-refractivity contribution in [3.63, 3.8) is 0 Å². The van der Waals surface area contributed by atoms with Crippen LogP contribution in [0.5, 0.6) is 0 Å². The third-order valence-electron chi connectivity index (χ3n) is 2.37. The van der Waals surface area contributed by atoms with Crippen LogP contribution in [-0.4, -0.2) is 18.6 Å². The summed E-state index contributed by atoms with van der Waals surface area (Å²) in [5, 5.41) is 0. The zero-order valence-electron chi connectivity index (χ0n) is 7.58. The van der Waals surface area contributed by atoms with Crippen LogP contribution < -0.4 is 5.73 Å². The Bertz CT molecular complexity index is 153. The molecule has 0 amide bonds. The molecule has 0 aromatic rings. The van der Waals surface area contributed by atoms with Gasteiger partial charge in [0.05, 0.1) is 6.61 Å². The predicted octanol–water partition coefficient (Wildman–Crippen LogP) is 1.07. The topological polar surface area (TPSA) is 52.3 Å². The van der Waals surface area contributed by atoms with Gasteiger partial charge in [-0.3, -0.25) is 4.79 Å². The summed E-state index contributed by atoms with van der Waals surface area (Å²) in [6, 6.07) is -0.480. The first-order valence-electron chi connectivity index (χ1n) is 4.62. The molecular formula is C9H17NO2. The summed E-state index contributed by atoms with van der Waals surface area (Å²) >= 11 is 0. The van der Waals surface area contributed by atoms with Gasteiger partial charge in [0.25, 0.3) is 0 Å². The zero-order valence-corrected chi connectivity index (χ0v) is 7.58. The fourth-order valence-electron chi connectivity index (χ4n) is 1.24. The van der Waals surface area contributed by atoms with Gasteiger partial charge in [-0.15, -0.1) is 0 Å². The van der Waals surface area contributed by atoms with Crippen molar-refractivity contribution in [2.75, 3.05) is 6.61 Å². The lowest BCUT2D eigenvalue weighted by Crippen LogP contribution is -2.29. The third kappa shape index (κ3) is 2.81. The van der Waals surface area contributed by atoms with Gasteiger partial charge in [-0.05, 0) is 19.3 Å². The van der Waals surface area contributed by atoms with Gasteiger partial charge in [0.15, 0.2) is 0 Å². The summed E-state index contributed by atoms with van der Waals surface area (Å²) in [6.45, 7) is 2.19. The minimum Gasteiger partial charge on any atom is -0.465 e. The van der Waals surface area contributed by atoms with Crippen molar-refractivity contribution < 1.29 is 9.53 Å². The van der Waals surface area contributed by atoms with Crippen LogP contribution in [0.25, 0.3) is 0 Å². The molecule has 3 nitrogen and oxygen atoms in total. The van der Waals surface area contributed by atoms with Gasteiger partial charge in [0, 0.05) is 0 Å². The summed E-state index contributed by atoms with van der Waals surface area (Å²) in [5.41, 5.74) is 5.32. The van der Waals surface area contributed by atoms with Crippen molar-refractivity contribution >= 4 is 5.97 Å². The Morgan fingerprint density at radius 1 is 1.67 bits per heavy atom. The fourth-order valence-corrected chi connectivity index (χ4v) is 1.24. The lowest BCUT2D eigenvalue weighted by molar-refractivity contribution is -0.145. The molecule has 1 aliphatic rings. The molecule has 1 rings (SSSR count). The quantitative estimate of drug-likeness (QED) is 0.644. The van der Waals surface area contributed by atoms with E-state index in [1.54, 1.807) is 6.92 Å². The van der Waals surface area contributed by atoms with Crippen LogP contribution in [0.3, 0.4) is 0 Å². The first-order chi connectivity index (χ1) is 5.70. The van der Waals surface area contributed by atoms with E-state index >= 15 is 0 Å². The predicted molar refractivity (Wildman–Crippen MR) is 46.6 cm³/mol. The first-order valence-corrected chi connectivity index (χ1v) is 4.62. The zero-order chi connectivity index (χ0) is 8.97. The van der Waals surface area contributed by atoms with Crippen LogP contribution in [0.15, 0.2) is 0 Å². The van der Waals surface area contributed by atoms with Gasteiger partial charge >= 0.3 is 5.97 Å². The molecule has 0 spiro atoms. The molecule has 0 bridgehead atoms. The Labute approximate surface area is 73.3 Å². The maximum absolute atomic E-state index is 10.9. The highest BCUT2D eigenvalue weighted by Gasteiger charge is 2.17. The minimum absolute atomic E-state index is 0.283. The molecule has 0 radical (unpaired) electrons. The Morgan fingerprint density at radius 3 is 2.75 bits per heavy atom. The molecule has 1 unspecified atom stereocenters. The van der Waals surface area contributed by atoms with Gasteiger partial charge in [-0.1, -0.05) is 19.3 Å². The summed E-state index contributed by atoms with van der Waals surface area (Å²) < 4.78 is 4.95. The van der Waals surface area contributed by atoms with Crippen LogP contribution in [0.4, 0.5) is 0 Å². The standard InChI is InChI=1S/C9H17NO2/c1-7(10)9(11)12-6-5-8-3-2-4-8/h7-8H,2-6,10H2,1H3.